The molecule has 2 heterocycles. The molecule has 0 unspecified atom stereocenters. The standard InChI is InChI=1S/C10H13N3O/c1-3-14-6-9-12-8-5-4-7(2)11-10(8)13-9/h4-5H,3,6H2,1-2H3,(H,11,12,13). The lowest BCUT2D eigenvalue weighted by atomic mass is 10.4. The molecule has 4 heteroatoms. The molecule has 0 aliphatic carbocycles. The van der Waals surface area contributed by atoms with E-state index in [9.17, 15) is 0 Å². The second-order valence-corrected chi connectivity index (χ2v) is 3.14. The number of imidazole rings is 1. The maximum atomic E-state index is 5.26. The number of fused-ring (bicyclic) bond motifs is 1. The molecule has 0 fully saturated rings. The van der Waals surface area contributed by atoms with Crippen LogP contribution in [0.3, 0.4) is 0 Å². The quantitative estimate of drug-likeness (QED) is 0.804. The van der Waals surface area contributed by atoms with Crippen molar-refractivity contribution in [1.82, 2.24) is 15.0 Å². The number of hydrogen-bond donors (Lipinski definition) is 1. The molecule has 0 aromatic carbocycles. The Morgan fingerprint density at radius 2 is 2.21 bits per heavy atom. The SMILES string of the molecule is CCOCc1nc2nc(C)ccc2[nH]1. The van der Waals surface area contributed by atoms with E-state index in [1.807, 2.05) is 26.0 Å². The van der Waals surface area contributed by atoms with Gasteiger partial charge < -0.3 is 9.72 Å². The van der Waals surface area contributed by atoms with E-state index in [1.165, 1.54) is 0 Å². The summed E-state index contributed by atoms with van der Waals surface area (Å²) in [4.78, 5) is 11.8. The van der Waals surface area contributed by atoms with E-state index in [2.05, 4.69) is 15.0 Å². The molecule has 74 valence electrons. The summed E-state index contributed by atoms with van der Waals surface area (Å²) < 4.78 is 5.26. The van der Waals surface area contributed by atoms with E-state index in [0.717, 1.165) is 22.7 Å². The molecule has 0 atom stereocenters. The minimum Gasteiger partial charge on any atom is -0.374 e. The van der Waals surface area contributed by atoms with Gasteiger partial charge in [-0.3, -0.25) is 0 Å². The molecule has 0 aliphatic rings. The van der Waals surface area contributed by atoms with Crippen molar-refractivity contribution in [2.75, 3.05) is 6.61 Å². The highest BCUT2D eigenvalue weighted by atomic mass is 16.5. The molecule has 0 radical (unpaired) electrons. The van der Waals surface area contributed by atoms with Gasteiger partial charge in [0.05, 0.1) is 5.52 Å². The first kappa shape index (κ1) is 9.15. The molecule has 14 heavy (non-hydrogen) atoms. The number of rotatable bonds is 3. The molecular weight excluding hydrogens is 178 g/mol. The van der Waals surface area contributed by atoms with E-state index in [1.54, 1.807) is 0 Å². The van der Waals surface area contributed by atoms with Gasteiger partial charge in [-0.25, -0.2) is 9.97 Å². The third-order valence-electron chi connectivity index (χ3n) is 1.98. The summed E-state index contributed by atoms with van der Waals surface area (Å²) in [7, 11) is 0. The molecule has 0 spiro atoms. The van der Waals surface area contributed by atoms with Crippen LogP contribution in [0.2, 0.25) is 0 Å². The van der Waals surface area contributed by atoms with Gasteiger partial charge in [-0.15, -0.1) is 0 Å². The Morgan fingerprint density at radius 3 is 3.00 bits per heavy atom. The number of aromatic nitrogens is 3. The minimum absolute atomic E-state index is 0.520. The fourth-order valence-electron chi connectivity index (χ4n) is 1.30. The largest absolute Gasteiger partial charge is 0.374 e. The topological polar surface area (TPSA) is 50.8 Å². The van der Waals surface area contributed by atoms with Gasteiger partial charge in [0.1, 0.15) is 12.4 Å². The average Bonchev–Trinajstić information content (AvgIpc) is 2.56. The maximum Gasteiger partial charge on any atom is 0.178 e. The van der Waals surface area contributed by atoms with Crippen molar-refractivity contribution in [1.29, 1.82) is 0 Å². The highest BCUT2D eigenvalue weighted by molar-refractivity contribution is 5.70. The van der Waals surface area contributed by atoms with Crippen LogP contribution < -0.4 is 0 Å². The van der Waals surface area contributed by atoms with Crippen LogP contribution >= 0.6 is 0 Å². The molecule has 4 nitrogen and oxygen atoms in total. The van der Waals surface area contributed by atoms with Crippen molar-refractivity contribution < 1.29 is 4.74 Å². The van der Waals surface area contributed by atoms with Crippen molar-refractivity contribution in [2.24, 2.45) is 0 Å². The summed E-state index contributed by atoms with van der Waals surface area (Å²) in [5.74, 6) is 0.833. The summed E-state index contributed by atoms with van der Waals surface area (Å²) in [6.07, 6.45) is 0. The summed E-state index contributed by atoms with van der Waals surface area (Å²) in [5, 5.41) is 0. The highest BCUT2D eigenvalue weighted by Gasteiger charge is 2.03. The van der Waals surface area contributed by atoms with Gasteiger partial charge in [0.2, 0.25) is 0 Å². The number of nitrogens with zero attached hydrogens (tertiary/aromatic N) is 2. The molecule has 1 N–H and O–H groups in total. The van der Waals surface area contributed by atoms with Crippen LogP contribution in [0.5, 0.6) is 0 Å². The van der Waals surface area contributed by atoms with Gasteiger partial charge in [-0.05, 0) is 26.0 Å². The monoisotopic (exact) mass is 191 g/mol. The minimum atomic E-state index is 0.520. The zero-order chi connectivity index (χ0) is 9.97. The summed E-state index contributed by atoms with van der Waals surface area (Å²) >= 11 is 0. The van der Waals surface area contributed by atoms with Gasteiger partial charge in [-0.2, -0.15) is 0 Å². The van der Waals surface area contributed by atoms with Crippen molar-refractivity contribution >= 4 is 11.2 Å². The number of aryl methyl sites for hydroxylation is 1. The zero-order valence-electron chi connectivity index (χ0n) is 8.37. The molecule has 0 bridgehead atoms. The number of nitrogens with one attached hydrogen (secondary N) is 1. The van der Waals surface area contributed by atoms with Gasteiger partial charge >= 0.3 is 0 Å². The molecule has 0 saturated heterocycles. The van der Waals surface area contributed by atoms with Gasteiger partial charge in [0.25, 0.3) is 0 Å². The number of ether oxygens (including phenoxy) is 1. The Morgan fingerprint density at radius 1 is 1.36 bits per heavy atom. The number of hydrogen-bond acceptors (Lipinski definition) is 3. The number of H-pyrrole nitrogens is 1. The Kier molecular flexibility index (Phi) is 2.45. The van der Waals surface area contributed by atoms with Crippen LogP contribution in [-0.2, 0) is 11.3 Å². The first-order valence-corrected chi connectivity index (χ1v) is 4.69. The van der Waals surface area contributed by atoms with E-state index in [0.29, 0.717) is 13.2 Å². The van der Waals surface area contributed by atoms with E-state index in [4.69, 9.17) is 4.74 Å². The lowest BCUT2D eigenvalue weighted by Gasteiger charge is -1.94. The Balaban J connectivity index is 2.32. The van der Waals surface area contributed by atoms with Crippen LogP contribution in [0.25, 0.3) is 11.2 Å². The second-order valence-electron chi connectivity index (χ2n) is 3.14. The normalized spacial score (nSPS) is 11.0. The predicted octanol–water partition coefficient (Wildman–Crippen LogP) is 1.80. The molecule has 2 aromatic heterocycles. The molecule has 0 saturated carbocycles. The zero-order valence-corrected chi connectivity index (χ0v) is 8.37. The van der Waals surface area contributed by atoms with Crippen LogP contribution in [0.15, 0.2) is 12.1 Å². The molecule has 0 amide bonds. The molecule has 0 aliphatic heterocycles. The second kappa shape index (κ2) is 3.75. The van der Waals surface area contributed by atoms with E-state index >= 15 is 0 Å². The summed E-state index contributed by atoms with van der Waals surface area (Å²) in [6, 6.07) is 3.95. The van der Waals surface area contributed by atoms with Crippen molar-refractivity contribution in [2.45, 2.75) is 20.5 Å². The highest BCUT2D eigenvalue weighted by Crippen LogP contribution is 2.09. The fraction of sp³-hybridized carbons (Fsp3) is 0.400. The third kappa shape index (κ3) is 1.75. The van der Waals surface area contributed by atoms with Crippen molar-refractivity contribution in [3.05, 3.63) is 23.7 Å². The van der Waals surface area contributed by atoms with Crippen molar-refractivity contribution in [3.8, 4) is 0 Å². The molecule has 2 aromatic rings. The lowest BCUT2D eigenvalue weighted by molar-refractivity contribution is 0.129. The fourth-order valence-corrected chi connectivity index (χ4v) is 1.30. The third-order valence-corrected chi connectivity index (χ3v) is 1.98. The lowest BCUT2D eigenvalue weighted by Crippen LogP contribution is -1.93. The smallest absolute Gasteiger partial charge is 0.178 e. The van der Waals surface area contributed by atoms with Crippen LogP contribution in [0.4, 0.5) is 0 Å². The predicted molar refractivity (Wildman–Crippen MR) is 54.0 cm³/mol. The number of pyridine rings is 1. The maximum absolute atomic E-state index is 5.26. The summed E-state index contributed by atoms with van der Waals surface area (Å²) in [5.41, 5.74) is 2.71. The first-order valence-electron chi connectivity index (χ1n) is 4.69. The molecule has 2 rings (SSSR count). The van der Waals surface area contributed by atoms with Gasteiger partial charge in [0.15, 0.2) is 5.65 Å². The number of aromatic amines is 1. The summed E-state index contributed by atoms with van der Waals surface area (Å²) in [6.45, 7) is 5.14. The van der Waals surface area contributed by atoms with Gasteiger partial charge in [-0.1, -0.05) is 0 Å². The Labute approximate surface area is 82.3 Å². The van der Waals surface area contributed by atoms with E-state index in [-0.39, 0.29) is 0 Å². The van der Waals surface area contributed by atoms with Crippen LogP contribution in [0.1, 0.15) is 18.4 Å². The average molecular weight is 191 g/mol. The Bertz CT molecular complexity index is 436. The molecular formula is C10H13N3O. The van der Waals surface area contributed by atoms with Crippen LogP contribution in [0, 0.1) is 6.92 Å². The van der Waals surface area contributed by atoms with Crippen LogP contribution in [-0.4, -0.2) is 21.6 Å². The van der Waals surface area contributed by atoms with Gasteiger partial charge in [0, 0.05) is 12.3 Å². The first-order chi connectivity index (χ1) is 6.79. The van der Waals surface area contributed by atoms with E-state index < -0.39 is 0 Å². The van der Waals surface area contributed by atoms with Crippen molar-refractivity contribution in [3.63, 3.8) is 0 Å². The Hall–Kier alpha value is -1.42.